The number of para-hydroxylation sites is 1. The van der Waals surface area contributed by atoms with E-state index in [4.69, 9.17) is 9.84 Å². The zero-order chi connectivity index (χ0) is 14.5. The minimum absolute atomic E-state index is 0.590. The van der Waals surface area contributed by atoms with E-state index in [9.17, 15) is 4.79 Å². The fourth-order valence-electron chi connectivity index (χ4n) is 1.75. The van der Waals surface area contributed by atoms with Crippen molar-refractivity contribution >= 4 is 23.4 Å². The SMILES string of the molecule is CCOc1ccccc1-c1nc(C)c(/C=C/C(=O)O)s1. The van der Waals surface area contributed by atoms with Crippen molar-refractivity contribution in [3.05, 3.63) is 40.9 Å². The number of hydrogen-bond acceptors (Lipinski definition) is 4. The van der Waals surface area contributed by atoms with Crippen LogP contribution in [0.2, 0.25) is 0 Å². The molecular weight excluding hydrogens is 274 g/mol. The highest BCUT2D eigenvalue weighted by atomic mass is 32.1. The summed E-state index contributed by atoms with van der Waals surface area (Å²) in [6, 6.07) is 7.71. The van der Waals surface area contributed by atoms with Crippen molar-refractivity contribution in [3.63, 3.8) is 0 Å². The number of carbonyl (C=O) groups is 1. The zero-order valence-electron chi connectivity index (χ0n) is 11.3. The minimum Gasteiger partial charge on any atom is -0.493 e. The summed E-state index contributed by atoms with van der Waals surface area (Å²) in [6.45, 7) is 4.39. The van der Waals surface area contributed by atoms with Gasteiger partial charge in [-0.25, -0.2) is 9.78 Å². The first-order chi connectivity index (χ1) is 9.61. The van der Waals surface area contributed by atoms with Crippen LogP contribution in [0.3, 0.4) is 0 Å². The van der Waals surface area contributed by atoms with E-state index in [2.05, 4.69) is 4.98 Å². The molecule has 0 aliphatic carbocycles. The highest BCUT2D eigenvalue weighted by Gasteiger charge is 2.12. The van der Waals surface area contributed by atoms with Gasteiger partial charge in [0, 0.05) is 6.08 Å². The number of aliphatic carboxylic acids is 1. The van der Waals surface area contributed by atoms with E-state index in [0.717, 1.165) is 33.0 Å². The third-order valence-corrected chi connectivity index (χ3v) is 3.78. The number of aryl methyl sites for hydroxylation is 1. The fourth-order valence-corrected chi connectivity index (χ4v) is 2.75. The standard InChI is InChI=1S/C15H15NO3S/c1-3-19-12-7-5-4-6-11(12)15-16-10(2)13(20-15)8-9-14(17)18/h4-9H,3H2,1-2H3,(H,17,18)/b9-8+. The molecule has 0 saturated heterocycles. The largest absolute Gasteiger partial charge is 0.493 e. The quantitative estimate of drug-likeness (QED) is 0.854. The topological polar surface area (TPSA) is 59.4 Å². The van der Waals surface area contributed by atoms with E-state index in [1.165, 1.54) is 11.3 Å². The second-order valence-corrected chi connectivity index (χ2v) is 5.10. The van der Waals surface area contributed by atoms with Crippen molar-refractivity contribution < 1.29 is 14.6 Å². The molecule has 5 heteroatoms. The van der Waals surface area contributed by atoms with Crippen molar-refractivity contribution in [2.45, 2.75) is 13.8 Å². The predicted octanol–water partition coefficient (Wildman–Crippen LogP) is 3.62. The number of hydrogen-bond donors (Lipinski definition) is 1. The Balaban J connectivity index is 2.39. The van der Waals surface area contributed by atoms with E-state index in [1.807, 2.05) is 38.1 Å². The summed E-state index contributed by atoms with van der Waals surface area (Å²) in [6.07, 6.45) is 2.70. The first-order valence-corrected chi connectivity index (χ1v) is 7.04. The average molecular weight is 289 g/mol. The number of aromatic nitrogens is 1. The predicted molar refractivity (Wildman–Crippen MR) is 80.1 cm³/mol. The average Bonchev–Trinajstić information content (AvgIpc) is 2.78. The van der Waals surface area contributed by atoms with E-state index in [1.54, 1.807) is 6.08 Å². The number of ether oxygens (including phenoxy) is 1. The smallest absolute Gasteiger partial charge is 0.328 e. The molecule has 1 aromatic heterocycles. The van der Waals surface area contributed by atoms with Crippen LogP contribution in [0.1, 0.15) is 17.5 Å². The minimum atomic E-state index is -0.964. The lowest BCUT2D eigenvalue weighted by Gasteiger charge is -2.07. The normalized spacial score (nSPS) is 10.9. The summed E-state index contributed by atoms with van der Waals surface area (Å²) in [4.78, 5) is 15.9. The van der Waals surface area contributed by atoms with E-state index in [-0.39, 0.29) is 0 Å². The molecule has 104 valence electrons. The lowest BCUT2D eigenvalue weighted by atomic mass is 10.2. The molecule has 0 fully saturated rings. The van der Waals surface area contributed by atoms with Crippen LogP contribution in [0, 0.1) is 6.92 Å². The van der Waals surface area contributed by atoms with Crippen molar-refractivity contribution in [3.8, 4) is 16.3 Å². The first kappa shape index (κ1) is 14.3. The molecule has 1 heterocycles. The molecule has 0 bridgehead atoms. The Morgan fingerprint density at radius 1 is 1.45 bits per heavy atom. The number of thiazole rings is 1. The second-order valence-electron chi connectivity index (χ2n) is 4.07. The van der Waals surface area contributed by atoms with Gasteiger partial charge < -0.3 is 9.84 Å². The Morgan fingerprint density at radius 2 is 2.20 bits per heavy atom. The van der Waals surface area contributed by atoms with Gasteiger partial charge in [-0.3, -0.25) is 0 Å². The molecule has 0 aliphatic heterocycles. The number of rotatable bonds is 5. The summed E-state index contributed by atoms with van der Waals surface area (Å²) in [5.74, 6) is -0.174. The Hall–Kier alpha value is -2.14. The summed E-state index contributed by atoms with van der Waals surface area (Å²) < 4.78 is 5.59. The third kappa shape index (κ3) is 3.24. The Labute approximate surface area is 121 Å². The van der Waals surface area contributed by atoms with Crippen molar-refractivity contribution in [1.29, 1.82) is 0 Å². The molecule has 1 N–H and O–H groups in total. The van der Waals surface area contributed by atoms with E-state index in [0.29, 0.717) is 6.61 Å². The molecule has 0 atom stereocenters. The lowest BCUT2D eigenvalue weighted by Crippen LogP contribution is -1.93. The number of benzene rings is 1. The summed E-state index contributed by atoms with van der Waals surface area (Å²) in [5, 5.41) is 9.51. The Bertz CT molecular complexity index is 646. The molecule has 0 aliphatic rings. The van der Waals surface area contributed by atoms with E-state index < -0.39 is 5.97 Å². The van der Waals surface area contributed by atoms with Crippen LogP contribution < -0.4 is 4.74 Å². The van der Waals surface area contributed by atoms with Crippen LogP contribution in [0.5, 0.6) is 5.75 Å². The summed E-state index contributed by atoms with van der Waals surface area (Å²) in [7, 11) is 0. The maximum atomic E-state index is 10.6. The summed E-state index contributed by atoms with van der Waals surface area (Å²) >= 11 is 1.45. The number of carboxylic acids is 1. The highest BCUT2D eigenvalue weighted by Crippen LogP contribution is 2.34. The second kappa shape index (κ2) is 6.34. The lowest BCUT2D eigenvalue weighted by molar-refractivity contribution is -0.131. The van der Waals surface area contributed by atoms with Crippen molar-refractivity contribution in [2.24, 2.45) is 0 Å². The van der Waals surface area contributed by atoms with Gasteiger partial charge in [0.25, 0.3) is 0 Å². The molecule has 0 radical (unpaired) electrons. The van der Waals surface area contributed by atoms with Gasteiger partial charge in [0.15, 0.2) is 0 Å². The third-order valence-electron chi connectivity index (χ3n) is 2.63. The maximum Gasteiger partial charge on any atom is 0.328 e. The molecule has 1 aromatic carbocycles. The number of nitrogens with zero attached hydrogens (tertiary/aromatic N) is 1. The van der Waals surface area contributed by atoms with Gasteiger partial charge in [0.2, 0.25) is 0 Å². The molecule has 2 rings (SSSR count). The maximum absolute atomic E-state index is 10.6. The van der Waals surface area contributed by atoms with Crippen LogP contribution in [-0.4, -0.2) is 22.7 Å². The molecule has 2 aromatic rings. The van der Waals surface area contributed by atoms with Gasteiger partial charge in [0.05, 0.1) is 22.7 Å². The van der Waals surface area contributed by atoms with Gasteiger partial charge >= 0.3 is 5.97 Å². The summed E-state index contributed by atoms with van der Waals surface area (Å²) in [5.41, 5.74) is 1.74. The molecule has 20 heavy (non-hydrogen) atoms. The molecule has 0 saturated carbocycles. The Morgan fingerprint density at radius 3 is 2.90 bits per heavy atom. The zero-order valence-corrected chi connectivity index (χ0v) is 12.1. The van der Waals surface area contributed by atoms with Gasteiger partial charge in [-0.2, -0.15) is 0 Å². The van der Waals surface area contributed by atoms with Gasteiger partial charge in [-0.1, -0.05) is 12.1 Å². The van der Waals surface area contributed by atoms with Crippen molar-refractivity contribution in [1.82, 2.24) is 4.98 Å². The molecule has 0 amide bonds. The van der Waals surface area contributed by atoms with Gasteiger partial charge in [-0.15, -0.1) is 11.3 Å². The van der Waals surface area contributed by atoms with Crippen LogP contribution in [-0.2, 0) is 4.79 Å². The van der Waals surface area contributed by atoms with Crippen LogP contribution >= 0.6 is 11.3 Å². The number of carboxylic acid groups (broad SMARTS) is 1. The van der Waals surface area contributed by atoms with Crippen LogP contribution in [0.4, 0.5) is 0 Å². The molecular formula is C15H15NO3S. The molecule has 0 unspecified atom stereocenters. The van der Waals surface area contributed by atoms with Gasteiger partial charge in [-0.05, 0) is 32.1 Å². The highest BCUT2D eigenvalue weighted by molar-refractivity contribution is 7.16. The molecule has 4 nitrogen and oxygen atoms in total. The fraction of sp³-hybridized carbons (Fsp3) is 0.200. The van der Waals surface area contributed by atoms with E-state index >= 15 is 0 Å². The monoisotopic (exact) mass is 289 g/mol. The van der Waals surface area contributed by atoms with Crippen LogP contribution in [0.15, 0.2) is 30.3 Å². The Kier molecular flexibility index (Phi) is 4.53. The molecule has 0 spiro atoms. The van der Waals surface area contributed by atoms with Crippen molar-refractivity contribution in [2.75, 3.05) is 6.61 Å². The van der Waals surface area contributed by atoms with Crippen LogP contribution in [0.25, 0.3) is 16.6 Å². The van der Waals surface area contributed by atoms with Gasteiger partial charge in [0.1, 0.15) is 10.8 Å². The first-order valence-electron chi connectivity index (χ1n) is 6.22.